The smallest absolute Gasteiger partial charge is 0.410 e. The summed E-state index contributed by atoms with van der Waals surface area (Å²) in [6, 6.07) is 9.75. The van der Waals surface area contributed by atoms with E-state index < -0.39 is 17.7 Å². The molecular formula is C24H29N3O4. The number of aromatic nitrogens is 2. The molecule has 1 aromatic heterocycles. The maximum atomic E-state index is 12.7. The van der Waals surface area contributed by atoms with Gasteiger partial charge in [0, 0.05) is 30.5 Å². The number of carbonyl (C=O) groups excluding carboxylic acids is 2. The van der Waals surface area contributed by atoms with Crippen LogP contribution in [0.1, 0.15) is 61.4 Å². The van der Waals surface area contributed by atoms with Gasteiger partial charge < -0.3 is 14.4 Å². The molecule has 0 bridgehead atoms. The fourth-order valence-electron chi connectivity index (χ4n) is 3.35. The van der Waals surface area contributed by atoms with E-state index in [9.17, 15) is 9.59 Å². The minimum Gasteiger partial charge on any atom is -0.461 e. The molecular weight excluding hydrogens is 394 g/mol. The first-order valence-corrected chi connectivity index (χ1v) is 10.6. The molecule has 0 aliphatic carbocycles. The van der Waals surface area contributed by atoms with Gasteiger partial charge in [-0.15, -0.1) is 0 Å². The largest absolute Gasteiger partial charge is 0.461 e. The Kier molecular flexibility index (Phi) is 7.01. The highest BCUT2D eigenvalue weighted by atomic mass is 16.6. The van der Waals surface area contributed by atoms with Gasteiger partial charge >= 0.3 is 12.1 Å². The molecule has 0 radical (unpaired) electrons. The monoisotopic (exact) mass is 423 g/mol. The summed E-state index contributed by atoms with van der Waals surface area (Å²) in [7, 11) is 0. The van der Waals surface area contributed by atoms with Crippen molar-refractivity contribution in [2.75, 3.05) is 13.2 Å². The summed E-state index contributed by atoms with van der Waals surface area (Å²) < 4.78 is 12.4. The SMILES string of the molecule is CCOC(=O)c1c2c(nn1CCC#Cc1ccccc1)CCN(C(=O)OC(C)(C)C)C2. The van der Waals surface area contributed by atoms with Gasteiger partial charge in [0.25, 0.3) is 0 Å². The second-order valence-electron chi connectivity index (χ2n) is 8.29. The highest BCUT2D eigenvalue weighted by Gasteiger charge is 2.32. The minimum absolute atomic E-state index is 0.266. The molecule has 31 heavy (non-hydrogen) atoms. The minimum atomic E-state index is -0.580. The zero-order chi connectivity index (χ0) is 22.4. The van der Waals surface area contributed by atoms with Gasteiger partial charge in [-0.3, -0.25) is 4.68 Å². The van der Waals surface area contributed by atoms with Crippen LogP contribution in [0.15, 0.2) is 30.3 Å². The van der Waals surface area contributed by atoms with Gasteiger partial charge in [-0.25, -0.2) is 9.59 Å². The maximum Gasteiger partial charge on any atom is 0.410 e. The first kappa shape index (κ1) is 22.4. The number of nitrogens with zero attached hydrogens (tertiary/aromatic N) is 3. The predicted molar refractivity (Wildman–Crippen MR) is 116 cm³/mol. The predicted octanol–water partition coefficient (Wildman–Crippen LogP) is 3.79. The van der Waals surface area contributed by atoms with Crippen LogP contribution in [0.5, 0.6) is 0 Å². The van der Waals surface area contributed by atoms with Gasteiger partial charge in [0.2, 0.25) is 0 Å². The summed E-state index contributed by atoms with van der Waals surface area (Å²) in [5, 5.41) is 4.64. The van der Waals surface area contributed by atoms with Crippen LogP contribution in [0.3, 0.4) is 0 Å². The van der Waals surface area contributed by atoms with Crippen molar-refractivity contribution < 1.29 is 19.1 Å². The Morgan fingerprint density at radius 2 is 1.94 bits per heavy atom. The molecule has 0 spiro atoms. The van der Waals surface area contributed by atoms with E-state index in [1.165, 1.54) is 0 Å². The molecule has 0 saturated heterocycles. The number of benzene rings is 1. The third-order valence-corrected chi connectivity index (χ3v) is 4.68. The number of rotatable bonds is 4. The fourth-order valence-corrected chi connectivity index (χ4v) is 3.35. The Morgan fingerprint density at radius 3 is 2.61 bits per heavy atom. The van der Waals surface area contributed by atoms with E-state index >= 15 is 0 Å². The van der Waals surface area contributed by atoms with Gasteiger partial charge in [-0.05, 0) is 39.8 Å². The normalized spacial score (nSPS) is 13.1. The number of ether oxygens (including phenoxy) is 2. The van der Waals surface area contributed by atoms with E-state index in [1.807, 2.05) is 51.1 Å². The number of carbonyl (C=O) groups is 2. The number of hydrogen-bond acceptors (Lipinski definition) is 5. The summed E-state index contributed by atoms with van der Waals surface area (Å²) >= 11 is 0. The second-order valence-corrected chi connectivity index (χ2v) is 8.29. The third kappa shape index (κ3) is 5.88. The third-order valence-electron chi connectivity index (χ3n) is 4.68. The Morgan fingerprint density at radius 1 is 1.19 bits per heavy atom. The molecule has 0 unspecified atom stereocenters. The van der Waals surface area contributed by atoms with Crippen molar-refractivity contribution in [3.8, 4) is 11.8 Å². The van der Waals surface area contributed by atoms with Gasteiger partial charge in [0.05, 0.1) is 25.4 Å². The molecule has 3 rings (SSSR count). The fraction of sp³-hybridized carbons (Fsp3) is 0.458. The summed E-state index contributed by atoms with van der Waals surface area (Å²) in [6.45, 7) is 8.76. The van der Waals surface area contributed by atoms with Crippen LogP contribution in [-0.4, -0.2) is 45.5 Å². The van der Waals surface area contributed by atoms with Crippen molar-refractivity contribution in [1.29, 1.82) is 0 Å². The number of fused-ring (bicyclic) bond motifs is 1. The molecule has 1 amide bonds. The Labute approximate surface area is 183 Å². The van der Waals surface area contributed by atoms with Gasteiger partial charge in [0.15, 0.2) is 5.69 Å². The van der Waals surface area contributed by atoms with Crippen molar-refractivity contribution in [3.05, 3.63) is 52.8 Å². The molecule has 1 aliphatic heterocycles. The van der Waals surface area contributed by atoms with Crippen LogP contribution in [0.4, 0.5) is 4.79 Å². The molecule has 0 N–H and O–H groups in total. The molecule has 0 saturated carbocycles. The van der Waals surface area contributed by atoms with Crippen LogP contribution < -0.4 is 0 Å². The maximum absolute atomic E-state index is 12.7. The molecule has 0 fully saturated rings. The number of hydrogen-bond donors (Lipinski definition) is 0. The van der Waals surface area contributed by atoms with Crippen molar-refractivity contribution in [1.82, 2.24) is 14.7 Å². The Bertz CT molecular complexity index is 994. The van der Waals surface area contributed by atoms with E-state index in [-0.39, 0.29) is 13.2 Å². The summed E-state index contributed by atoms with van der Waals surface area (Å²) in [5.41, 5.74) is 2.31. The number of amides is 1. The lowest BCUT2D eigenvalue weighted by Crippen LogP contribution is -2.40. The first-order chi connectivity index (χ1) is 14.8. The van der Waals surface area contributed by atoms with E-state index in [2.05, 4.69) is 16.9 Å². The molecule has 164 valence electrons. The zero-order valence-electron chi connectivity index (χ0n) is 18.6. The standard InChI is InChI=1S/C24H29N3O4/c1-5-30-22(28)21-19-17-26(23(29)31-24(2,3)4)16-14-20(19)25-27(21)15-10-9-13-18-11-7-6-8-12-18/h6-8,11-12H,5,10,14-17H2,1-4H3. The van der Waals surface area contributed by atoms with Crippen LogP contribution in [0.25, 0.3) is 0 Å². The van der Waals surface area contributed by atoms with Crippen molar-refractivity contribution in [2.24, 2.45) is 0 Å². The number of esters is 1. The zero-order valence-corrected chi connectivity index (χ0v) is 18.6. The van der Waals surface area contributed by atoms with Crippen LogP contribution in [-0.2, 0) is 29.0 Å². The molecule has 7 heteroatoms. The Hall–Kier alpha value is -3.27. The highest BCUT2D eigenvalue weighted by Crippen LogP contribution is 2.25. The molecule has 2 aromatic rings. The molecule has 1 aliphatic rings. The van der Waals surface area contributed by atoms with E-state index in [0.29, 0.717) is 31.6 Å². The molecule has 2 heterocycles. The van der Waals surface area contributed by atoms with Gasteiger partial charge in [-0.1, -0.05) is 30.0 Å². The Balaban J connectivity index is 1.79. The average molecular weight is 424 g/mol. The lowest BCUT2D eigenvalue weighted by molar-refractivity contribution is 0.0220. The van der Waals surface area contributed by atoms with Crippen LogP contribution in [0.2, 0.25) is 0 Å². The first-order valence-electron chi connectivity index (χ1n) is 10.6. The molecule has 0 atom stereocenters. The van der Waals surface area contributed by atoms with Gasteiger partial charge in [0.1, 0.15) is 5.60 Å². The van der Waals surface area contributed by atoms with E-state index in [1.54, 1.807) is 16.5 Å². The summed E-state index contributed by atoms with van der Waals surface area (Å²) in [6.07, 6.45) is 0.704. The van der Waals surface area contributed by atoms with Crippen molar-refractivity contribution >= 4 is 12.1 Å². The number of aryl methyl sites for hydroxylation is 1. The summed E-state index contributed by atoms with van der Waals surface area (Å²) in [4.78, 5) is 26.8. The average Bonchev–Trinajstić information content (AvgIpc) is 3.08. The van der Waals surface area contributed by atoms with E-state index in [4.69, 9.17) is 9.47 Å². The lowest BCUT2D eigenvalue weighted by atomic mass is 10.1. The molecule has 7 nitrogen and oxygen atoms in total. The van der Waals surface area contributed by atoms with Crippen LogP contribution >= 0.6 is 0 Å². The van der Waals surface area contributed by atoms with Crippen LogP contribution in [0, 0.1) is 11.8 Å². The lowest BCUT2D eigenvalue weighted by Gasteiger charge is -2.29. The second kappa shape index (κ2) is 9.69. The van der Waals surface area contributed by atoms with Crippen molar-refractivity contribution in [2.45, 2.75) is 59.2 Å². The van der Waals surface area contributed by atoms with Gasteiger partial charge in [-0.2, -0.15) is 5.10 Å². The highest BCUT2D eigenvalue weighted by molar-refractivity contribution is 5.90. The molecule has 1 aromatic carbocycles. The summed E-state index contributed by atoms with van der Waals surface area (Å²) in [5.74, 6) is 5.82. The van der Waals surface area contributed by atoms with Crippen molar-refractivity contribution in [3.63, 3.8) is 0 Å². The van der Waals surface area contributed by atoms with E-state index in [0.717, 1.165) is 16.8 Å². The topological polar surface area (TPSA) is 73.7 Å². The quantitative estimate of drug-likeness (QED) is 0.553.